The number of benzene rings is 1. The van der Waals surface area contributed by atoms with Gasteiger partial charge in [0.15, 0.2) is 5.16 Å². The fraction of sp³-hybridized carbons (Fsp3) is 0.526. The molecule has 0 radical (unpaired) electrons. The van der Waals surface area contributed by atoms with Gasteiger partial charge in [0.1, 0.15) is 0 Å². The van der Waals surface area contributed by atoms with Crippen molar-refractivity contribution in [2.75, 3.05) is 18.9 Å². The fourth-order valence-electron chi connectivity index (χ4n) is 3.00. The van der Waals surface area contributed by atoms with Crippen molar-refractivity contribution in [2.45, 2.75) is 44.5 Å². The van der Waals surface area contributed by atoms with Crippen molar-refractivity contribution in [2.24, 2.45) is 5.92 Å². The van der Waals surface area contributed by atoms with Gasteiger partial charge < -0.3 is 10.1 Å². The van der Waals surface area contributed by atoms with E-state index in [9.17, 15) is 9.59 Å². The Morgan fingerprint density at radius 2 is 2.23 bits per heavy atom. The van der Waals surface area contributed by atoms with E-state index in [1.165, 1.54) is 11.8 Å². The topological polar surface area (TPSA) is 73.2 Å². The molecule has 3 rings (SSSR count). The number of para-hydroxylation sites is 1. The molecule has 6 nitrogen and oxygen atoms in total. The van der Waals surface area contributed by atoms with Crippen molar-refractivity contribution in [1.82, 2.24) is 14.9 Å². The highest BCUT2D eigenvalue weighted by Crippen LogP contribution is 2.19. The summed E-state index contributed by atoms with van der Waals surface area (Å²) in [5.74, 6) is 0.475. The molecule has 1 atom stereocenters. The zero-order chi connectivity index (χ0) is 18.5. The SMILES string of the molecule is CC(C)Cn1c(SCC(=O)NC[C@@H]2CCCO2)nc2ccccc2c1=O. The van der Waals surface area contributed by atoms with E-state index in [1.54, 1.807) is 10.6 Å². The number of thioether (sulfide) groups is 1. The van der Waals surface area contributed by atoms with Crippen LogP contribution >= 0.6 is 11.8 Å². The van der Waals surface area contributed by atoms with E-state index in [1.807, 2.05) is 18.2 Å². The van der Waals surface area contributed by atoms with Gasteiger partial charge in [0.25, 0.3) is 5.56 Å². The Kier molecular flexibility index (Phi) is 6.32. The average Bonchev–Trinajstić information content (AvgIpc) is 3.14. The fourth-order valence-corrected chi connectivity index (χ4v) is 3.84. The number of rotatable bonds is 7. The highest BCUT2D eigenvalue weighted by Gasteiger charge is 2.17. The second kappa shape index (κ2) is 8.68. The van der Waals surface area contributed by atoms with Crippen LogP contribution in [0.25, 0.3) is 10.9 Å². The number of ether oxygens (including phenoxy) is 1. The molecule has 1 aromatic carbocycles. The lowest BCUT2D eigenvalue weighted by molar-refractivity contribution is -0.119. The van der Waals surface area contributed by atoms with Gasteiger partial charge in [-0.25, -0.2) is 4.98 Å². The van der Waals surface area contributed by atoms with Gasteiger partial charge in [-0.2, -0.15) is 0 Å². The minimum Gasteiger partial charge on any atom is -0.376 e. The largest absolute Gasteiger partial charge is 0.376 e. The van der Waals surface area contributed by atoms with Crippen molar-refractivity contribution in [1.29, 1.82) is 0 Å². The van der Waals surface area contributed by atoms with E-state index in [-0.39, 0.29) is 23.3 Å². The van der Waals surface area contributed by atoms with Crippen LogP contribution in [0.15, 0.2) is 34.2 Å². The summed E-state index contributed by atoms with van der Waals surface area (Å²) < 4.78 is 7.20. The molecule has 7 heteroatoms. The zero-order valence-corrected chi connectivity index (χ0v) is 16.1. The summed E-state index contributed by atoms with van der Waals surface area (Å²) in [6.07, 6.45) is 2.17. The first-order chi connectivity index (χ1) is 12.5. The minimum absolute atomic E-state index is 0.0495. The lowest BCUT2D eigenvalue weighted by Crippen LogP contribution is -2.33. The molecular weight excluding hydrogens is 350 g/mol. The third kappa shape index (κ3) is 4.65. The molecule has 1 saturated heterocycles. The molecule has 0 aliphatic carbocycles. The summed E-state index contributed by atoms with van der Waals surface area (Å²) in [6.45, 7) is 6.02. The molecule has 26 heavy (non-hydrogen) atoms. The number of nitrogens with zero attached hydrogens (tertiary/aromatic N) is 2. The maximum atomic E-state index is 12.8. The van der Waals surface area contributed by atoms with Crippen LogP contribution in [0.3, 0.4) is 0 Å². The zero-order valence-electron chi connectivity index (χ0n) is 15.2. The predicted octanol–water partition coefficient (Wildman–Crippen LogP) is 2.44. The molecule has 2 heterocycles. The van der Waals surface area contributed by atoms with E-state index in [4.69, 9.17) is 4.74 Å². The van der Waals surface area contributed by atoms with Gasteiger partial charge in [-0.3, -0.25) is 14.2 Å². The van der Waals surface area contributed by atoms with Crippen LogP contribution < -0.4 is 10.9 Å². The van der Waals surface area contributed by atoms with E-state index in [0.29, 0.717) is 35.1 Å². The smallest absolute Gasteiger partial charge is 0.262 e. The second-order valence-electron chi connectivity index (χ2n) is 6.95. The average molecular weight is 375 g/mol. The monoisotopic (exact) mass is 375 g/mol. The van der Waals surface area contributed by atoms with Crippen LogP contribution in [0, 0.1) is 5.92 Å². The normalized spacial score (nSPS) is 17.1. The van der Waals surface area contributed by atoms with Gasteiger partial charge in [-0.05, 0) is 30.9 Å². The molecule has 1 fully saturated rings. The third-order valence-corrected chi connectivity index (χ3v) is 5.23. The van der Waals surface area contributed by atoms with E-state index >= 15 is 0 Å². The Hall–Kier alpha value is -1.86. The number of aromatic nitrogens is 2. The molecule has 0 unspecified atom stereocenters. The number of amides is 1. The first-order valence-corrected chi connectivity index (χ1v) is 10.0. The summed E-state index contributed by atoms with van der Waals surface area (Å²) in [4.78, 5) is 29.6. The Morgan fingerprint density at radius 1 is 1.42 bits per heavy atom. The molecule has 1 aromatic heterocycles. The van der Waals surface area contributed by atoms with Crippen molar-refractivity contribution >= 4 is 28.6 Å². The number of nitrogens with one attached hydrogen (secondary N) is 1. The molecular formula is C19H25N3O3S. The summed E-state index contributed by atoms with van der Waals surface area (Å²) in [7, 11) is 0. The summed E-state index contributed by atoms with van der Waals surface area (Å²) >= 11 is 1.31. The summed E-state index contributed by atoms with van der Waals surface area (Å²) in [5.41, 5.74) is 0.617. The number of hydrogen-bond donors (Lipinski definition) is 1. The first-order valence-electron chi connectivity index (χ1n) is 9.05. The Labute approximate surface area is 157 Å². The molecule has 1 N–H and O–H groups in total. The maximum Gasteiger partial charge on any atom is 0.262 e. The molecule has 2 aromatic rings. The molecule has 140 valence electrons. The van der Waals surface area contributed by atoms with Crippen molar-refractivity contribution in [3.63, 3.8) is 0 Å². The minimum atomic E-state index is -0.0657. The predicted molar refractivity (Wildman–Crippen MR) is 104 cm³/mol. The quantitative estimate of drug-likeness (QED) is 0.594. The first kappa shape index (κ1) is 18.9. The number of fused-ring (bicyclic) bond motifs is 1. The summed E-state index contributed by atoms with van der Waals surface area (Å²) in [5, 5.41) is 4.11. The summed E-state index contributed by atoms with van der Waals surface area (Å²) in [6, 6.07) is 7.34. The van der Waals surface area contributed by atoms with E-state index < -0.39 is 0 Å². The lowest BCUT2D eigenvalue weighted by atomic mass is 10.2. The van der Waals surface area contributed by atoms with Crippen molar-refractivity contribution in [3.8, 4) is 0 Å². The molecule has 1 aliphatic rings. The highest BCUT2D eigenvalue weighted by molar-refractivity contribution is 7.99. The van der Waals surface area contributed by atoms with Crippen LogP contribution in [-0.2, 0) is 16.1 Å². The second-order valence-corrected chi connectivity index (χ2v) is 7.89. The van der Waals surface area contributed by atoms with Crippen LogP contribution in [0.4, 0.5) is 0 Å². The van der Waals surface area contributed by atoms with Crippen molar-refractivity contribution in [3.05, 3.63) is 34.6 Å². The molecule has 0 bridgehead atoms. The van der Waals surface area contributed by atoms with Gasteiger partial charge in [0.2, 0.25) is 5.91 Å². The van der Waals surface area contributed by atoms with E-state index in [0.717, 1.165) is 19.4 Å². The number of carbonyl (C=O) groups is 1. The molecule has 0 spiro atoms. The van der Waals surface area contributed by atoms with Gasteiger partial charge in [-0.1, -0.05) is 37.7 Å². The molecule has 1 aliphatic heterocycles. The van der Waals surface area contributed by atoms with Gasteiger partial charge in [0.05, 0.1) is 22.8 Å². The molecule has 1 amide bonds. The lowest BCUT2D eigenvalue weighted by Gasteiger charge is -2.15. The standard InChI is InChI=1S/C19H25N3O3S/c1-13(2)11-22-18(24)15-7-3-4-8-16(15)21-19(22)26-12-17(23)20-10-14-6-5-9-25-14/h3-4,7-8,13-14H,5-6,9-12H2,1-2H3,(H,20,23)/t14-/m0/s1. The maximum absolute atomic E-state index is 12.8. The van der Waals surface area contributed by atoms with Crippen LogP contribution in [0.1, 0.15) is 26.7 Å². The van der Waals surface area contributed by atoms with Crippen molar-refractivity contribution < 1.29 is 9.53 Å². The van der Waals surface area contributed by atoms with Gasteiger partial charge in [0, 0.05) is 19.7 Å². The highest BCUT2D eigenvalue weighted by atomic mass is 32.2. The van der Waals surface area contributed by atoms with E-state index in [2.05, 4.69) is 24.1 Å². The van der Waals surface area contributed by atoms with Gasteiger partial charge in [-0.15, -0.1) is 0 Å². The number of hydrogen-bond acceptors (Lipinski definition) is 5. The Morgan fingerprint density at radius 3 is 2.96 bits per heavy atom. The van der Waals surface area contributed by atoms with Crippen LogP contribution in [0.2, 0.25) is 0 Å². The number of carbonyl (C=O) groups excluding carboxylic acids is 1. The Balaban J connectivity index is 1.73. The molecule has 0 saturated carbocycles. The Bertz CT molecular complexity index is 828. The third-order valence-electron chi connectivity index (χ3n) is 4.26. The van der Waals surface area contributed by atoms with Crippen LogP contribution in [0.5, 0.6) is 0 Å². The van der Waals surface area contributed by atoms with Crippen LogP contribution in [-0.4, -0.2) is 40.5 Å². The van der Waals surface area contributed by atoms with Gasteiger partial charge >= 0.3 is 0 Å².